The molecule has 4 heteroatoms. The molecule has 0 amide bonds. The maximum absolute atomic E-state index is 5.84. The van der Waals surface area contributed by atoms with Crippen LogP contribution in [0.1, 0.15) is 36.8 Å². The topological polar surface area (TPSA) is 24.8 Å². The summed E-state index contributed by atoms with van der Waals surface area (Å²) in [5, 5.41) is 7.05. The van der Waals surface area contributed by atoms with E-state index in [1.165, 1.54) is 54.6 Å². The molecule has 0 atom stereocenters. The van der Waals surface area contributed by atoms with Gasteiger partial charge >= 0.3 is 0 Å². The minimum absolute atomic E-state index is 0.658. The molecule has 0 radical (unpaired) electrons. The van der Waals surface area contributed by atoms with Gasteiger partial charge in [0.25, 0.3) is 0 Å². The lowest BCUT2D eigenvalue weighted by molar-refractivity contribution is 0.137. The van der Waals surface area contributed by atoms with E-state index in [1.807, 2.05) is 0 Å². The van der Waals surface area contributed by atoms with Crippen LogP contribution in [0.5, 0.6) is 0 Å². The molecule has 1 heterocycles. The summed E-state index contributed by atoms with van der Waals surface area (Å²) in [6.07, 6.45) is 7.00. The van der Waals surface area contributed by atoms with Crippen LogP contribution in [0.25, 0.3) is 10.8 Å². The molecule has 0 spiro atoms. The summed E-state index contributed by atoms with van der Waals surface area (Å²) < 4.78 is 0. The van der Waals surface area contributed by atoms with Crippen molar-refractivity contribution in [1.29, 1.82) is 0 Å². The number of thioether (sulfide) groups is 1. The molecule has 3 nitrogen and oxygen atoms in total. The number of hydrogen-bond acceptors (Lipinski definition) is 4. The normalized spacial score (nSPS) is 15.0. The number of rotatable bonds is 9. The molecular formula is C26H30N2OS. The van der Waals surface area contributed by atoms with Crippen molar-refractivity contribution in [2.75, 3.05) is 32.5 Å². The van der Waals surface area contributed by atoms with E-state index in [4.69, 9.17) is 4.84 Å². The van der Waals surface area contributed by atoms with E-state index >= 15 is 0 Å². The molecule has 0 unspecified atom stereocenters. The Morgan fingerprint density at radius 3 is 2.50 bits per heavy atom. The molecular weight excluding hydrogens is 388 g/mol. The highest BCUT2D eigenvalue weighted by Crippen LogP contribution is 2.24. The van der Waals surface area contributed by atoms with Gasteiger partial charge in [-0.25, -0.2) is 0 Å². The van der Waals surface area contributed by atoms with Gasteiger partial charge in [-0.1, -0.05) is 59.8 Å². The predicted octanol–water partition coefficient (Wildman–Crippen LogP) is 6.21. The Balaban J connectivity index is 1.51. The van der Waals surface area contributed by atoms with Crippen LogP contribution in [0.4, 0.5) is 0 Å². The average Bonchev–Trinajstić information content (AvgIpc) is 3.32. The number of unbranched alkanes of at least 4 members (excludes halogenated alkanes) is 1. The Hall–Kier alpha value is -2.30. The maximum atomic E-state index is 5.84. The zero-order valence-corrected chi connectivity index (χ0v) is 18.5. The number of oxime groups is 1. The van der Waals surface area contributed by atoms with Gasteiger partial charge in [0.2, 0.25) is 0 Å². The van der Waals surface area contributed by atoms with E-state index in [0.717, 1.165) is 23.3 Å². The summed E-state index contributed by atoms with van der Waals surface area (Å²) in [4.78, 5) is 9.64. The van der Waals surface area contributed by atoms with Gasteiger partial charge in [0.15, 0.2) is 0 Å². The lowest BCUT2D eigenvalue weighted by Gasteiger charge is -2.14. The van der Waals surface area contributed by atoms with Crippen LogP contribution in [0.3, 0.4) is 0 Å². The first kappa shape index (κ1) is 21.0. The first-order valence-corrected chi connectivity index (χ1v) is 12.1. The maximum Gasteiger partial charge on any atom is 0.117 e. The molecule has 0 saturated carbocycles. The fourth-order valence-electron chi connectivity index (χ4n) is 4.06. The van der Waals surface area contributed by atoms with Gasteiger partial charge in [0, 0.05) is 16.0 Å². The molecule has 1 saturated heterocycles. The molecule has 3 aromatic rings. The summed E-state index contributed by atoms with van der Waals surface area (Å²) >= 11 is 1.75. The molecule has 3 aromatic carbocycles. The van der Waals surface area contributed by atoms with E-state index < -0.39 is 0 Å². The lowest BCUT2D eigenvalue weighted by Crippen LogP contribution is -2.20. The third kappa shape index (κ3) is 5.24. The van der Waals surface area contributed by atoms with Crippen LogP contribution in [0, 0.1) is 0 Å². The predicted molar refractivity (Wildman–Crippen MR) is 129 cm³/mol. The fourth-order valence-corrected chi connectivity index (χ4v) is 4.46. The van der Waals surface area contributed by atoms with Crippen molar-refractivity contribution in [1.82, 2.24) is 4.90 Å². The molecule has 1 aliphatic rings. The van der Waals surface area contributed by atoms with Crippen molar-refractivity contribution in [3.63, 3.8) is 0 Å². The third-order valence-corrected chi connectivity index (χ3v) is 6.47. The monoisotopic (exact) mass is 418 g/mol. The molecule has 4 rings (SSSR count). The second kappa shape index (κ2) is 10.6. The smallest absolute Gasteiger partial charge is 0.117 e. The highest BCUT2D eigenvalue weighted by Gasteiger charge is 2.13. The third-order valence-electron chi connectivity index (χ3n) is 5.72. The van der Waals surface area contributed by atoms with Gasteiger partial charge in [-0.2, -0.15) is 0 Å². The van der Waals surface area contributed by atoms with E-state index in [0.29, 0.717) is 6.61 Å². The van der Waals surface area contributed by atoms with Gasteiger partial charge in [0.1, 0.15) is 12.3 Å². The van der Waals surface area contributed by atoms with Crippen LogP contribution in [0.15, 0.2) is 76.8 Å². The first-order chi connectivity index (χ1) is 14.8. The summed E-state index contributed by atoms with van der Waals surface area (Å²) in [5.74, 6) is 0. The van der Waals surface area contributed by atoms with Crippen molar-refractivity contribution in [2.24, 2.45) is 5.16 Å². The van der Waals surface area contributed by atoms with Crippen LogP contribution >= 0.6 is 11.8 Å². The summed E-state index contributed by atoms with van der Waals surface area (Å²) in [6, 6.07) is 23.4. The first-order valence-electron chi connectivity index (χ1n) is 10.9. The molecule has 1 aliphatic heterocycles. The summed E-state index contributed by atoms with van der Waals surface area (Å²) in [7, 11) is 0. The zero-order valence-electron chi connectivity index (χ0n) is 17.7. The van der Waals surface area contributed by atoms with Crippen molar-refractivity contribution in [3.05, 3.63) is 77.9 Å². The minimum atomic E-state index is 0.658. The van der Waals surface area contributed by atoms with Gasteiger partial charge in [0.05, 0.1) is 0 Å². The molecule has 0 aliphatic carbocycles. The van der Waals surface area contributed by atoms with E-state index in [1.54, 1.807) is 11.8 Å². The largest absolute Gasteiger partial charge is 0.395 e. The highest BCUT2D eigenvalue weighted by atomic mass is 32.2. The number of nitrogens with zero attached hydrogens (tertiary/aromatic N) is 2. The Morgan fingerprint density at radius 2 is 1.70 bits per heavy atom. The fraction of sp³-hybridized carbons (Fsp3) is 0.346. The Labute approximate surface area is 184 Å². The summed E-state index contributed by atoms with van der Waals surface area (Å²) in [5.41, 5.74) is 3.10. The lowest BCUT2D eigenvalue weighted by atomic mass is 9.97. The van der Waals surface area contributed by atoms with E-state index in [2.05, 4.69) is 83.0 Å². The number of fused-ring (bicyclic) bond motifs is 1. The number of hydrogen-bond donors (Lipinski definition) is 0. The quantitative estimate of drug-likeness (QED) is 0.179. The van der Waals surface area contributed by atoms with Crippen LogP contribution < -0.4 is 0 Å². The molecule has 30 heavy (non-hydrogen) atoms. The van der Waals surface area contributed by atoms with Crippen LogP contribution in [-0.4, -0.2) is 43.1 Å². The Morgan fingerprint density at radius 1 is 0.933 bits per heavy atom. The van der Waals surface area contributed by atoms with Crippen molar-refractivity contribution < 1.29 is 4.84 Å². The van der Waals surface area contributed by atoms with Gasteiger partial charge in [-0.3, -0.25) is 0 Å². The zero-order chi connectivity index (χ0) is 20.6. The highest BCUT2D eigenvalue weighted by molar-refractivity contribution is 7.98. The molecule has 0 N–H and O–H groups in total. The second-order valence-corrected chi connectivity index (χ2v) is 8.66. The molecule has 156 valence electrons. The standard InChI is InChI=1S/C26H30N2OS/c1-30-23-15-13-22(14-16-23)26(25-12-8-10-21-9-2-3-11-24(21)25)27-29-20-7-6-19-28-17-4-5-18-28/h2-3,8-16H,4-7,17-20H2,1H3. The van der Waals surface area contributed by atoms with Crippen LogP contribution in [0.2, 0.25) is 0 Å². The molecule has 1 fully saturated rings. The van der Waals surface area contributed by atoms with E-state index in [-0.39, 0.29) is 0 Å². The SMILES string of the molecule is CSc1ccc(C(=NOCCCCN2CCCC2)c2cccc3ccccc23)cc1. The van der Waals surface area contributed by atoms with Crippen LogP contribution in [-0.2, 0) is 4.84 Å². The van der Waals surface area contributed by atoms with Gasteiger partial charge in [-0.05, 0) is 74.5 Å². The van der Waals surface area contributed by atoms with Gasteiger partial charge < -0.3 is 9.74 Å². The molecule has 0 bridgehead atoms. The summed E-state index contributed by atoms with van der Waals surface area (Å²) in [6.45, 7) is 4.36. The minimum Gasteiger partial charge on any atom is -0.395 e. The Bertz CT molecular complexity index is 972. The number of likely N-dealkylation sites (tertiary alicyclic amines) is 1. The van der Waals surface area contributed by atoms with Gasteiger partial charge in [-0.15, -0.1) is 11.8 Å². The Kier molecular flexibility index (Phi) is 7.44. The van der Waals surface area contributed by atoms with Crippen molar-refractivity contribution in [3.8, 4) is 0 Å². The van der Waals surface area contributed by atoms with Crippen molar-refractivity contribution >= 4 is 28.2 Å². The van der Waals surface area contributed by atoms with Crippen molar-refractivity contribution in [2.45, 2.75) is 30.6 Å². The van der Waals surface area contributed by atoms with E-state index in [9.17, 15) is 0 Å². The second-order valence-electron chi connectivity index (χ2n) is 7.78. The average molecular weight is 419 g/mol. The number of benzene rings is 3. The molecule has 0 aromatic heterocycles.